The van der Waals surface area contributed by atoms with Crippen LogP contribution in [0.25, 0.3) is 5.57 Å². The van der Waals surface area contributed by atoms with Crippen molar-refractivity contribution >= 4 is 17.2 Å². The Morgan fingerprint density at radius 3 is 2.71 bits per heavy atom. The van der Waals surface area contributed by atoms with Gasteiger partial charge in [-0.05, 0) is 75.0 Å². The number of carboxylic acids is 1. The number of carboxylic acid groups (broad SMARTS) is 1. The zero-order valence-corrected chi connectivity index (χ0v) is 15.0. The molecule has 3 heteroatoms. The monoisotopic (exact) mass is 324 g/mol. The van der Waals surface area contributed by atoms with Gasteiger partial charge in [0.15, 0.2) is 0 Å². The van der Waals surface area contributed by atoms with Crippen molar-refractivity contribution in [3.8, 4) is 0 Å². The van der Waals surface area contributed by atoms with E-state index in [1.165, 1.54) is 23.2 Å². The third kappa shape index (κ3) is 4.60. The molecular weight excluding hydrogens is 298 g/mol. The Kier molecular flexibility index (Phi) is 6.02. The van der Waals surface area contributed by atoms with E-state index in [1.54, 1.807) is 13.0 Å². The van der Waals surface area contributed by atoms with Crippen LogP contribution >= 0.6 is 0 Å². The minimum atomic E-state index is -1.17. The van der Waals surface area contributed by atoms with Crippen molar-refractivity contribution in [2.45, 2.75) is 46.6 Å². The second kappa shape index (κ2) is 8.00. The highest BCUT2D eigenvalue weighted by Crippen LogP contribution is 2.31. The highest BCUT2D eigenvalue weighted by molar-refractivity contribution is 5.79. The second-order valence-electron chi connectivity index (χ2n) is 6.65. The molecule has 0 aliphatic carbocycles. The number of aryl methyl sites for hydroxylation is 1. The predicted molar refractivity (Wildman–Crippen MR) is 98.8 cm³/mol. The first kappa shape index (κ1) is 18.1. The smallest absolute Gasteiger partial charge is 0.0645 e. The van der Waals surface area contributed by atoms with Gasteiger partial charge >= 0.3 is 0 Å². The van der Waals surface area contributed by atoms with Gasteiger partial charge in [-0.2, -0.15) is 0 Å². The highest BCUT2D eigenvalue weighted by Gasteiger charge is 2.19. The highest BCUT2D eigenvalue weighted by atomic mass is 16.4. The van der Waals surface area contributed by atoms with Gasteiger partial charge in [-0.15, -0.1) is 0 Å². The van der Waals surface area contributed by atoms with E-state index < -0.39 is 5.97 Å². The molecule has 2 rings (SSSR count). The summed E-state index contributed by atoms with van der Waals surface area (Å²) in [5.41, 5.74) is 5.79. The van der Waals surface area contributed by atoms with Gasteiger partial charge in [0.2, 0.25) is 0 Å². The minimum Gasteiger partial charge on any atom is -0.545 e. The fourth-order valence-electron chi connectivity index (χ4n) is 3.06. The van der Waals surface area contributed by atoms with Gasteiger partial charge in [-0.1, -0.05) is 30.4 Å². The first-order chi connectivity index (χ1) is 11.4. The van der Waals surface area contributed by atoms with Crippen LogP contribution in [0.4, 0.5) is 5.69 Å². The maximum atomic E-state index is 10.5. The lowest BCUT2D eigenvalue weighted by atomic mass is 9.96. The number of nitrogens with zero attached hydrogens (tertiary/aromatic N) is 1. The summed E-state index contributed by atoms with van der Waals surface area (Å²) in [6.07, 6.45) is 9.12. The number of hydrogen-bond donors (Lipinski definition) is 0. The van der Waals surface area contributed by atoms with Crippen molar-refractivity contribution in [3.05, 3.63) is 59.2 Å². The predicted octanol–water partition coefficient (Wildman–Crippen LogP) is 3.50. The molecule has 1 aliphatic heterocycles. The van der Waals surface area contributed by atoms with Crippen LogP contribution in [0.3, 0.4) is 0 Å². The topological polar surface area (TPSA) is 43.4 Å². The largest absolute Gasteiger partial charge is 0.545 e. The second-order valence-corrected chi connectivity index (χ2v) is 6.65. The molecule has 0 fully saturated rings. The number of hydrogen-bond acceptors (Lipinski definition) is 3. The molecule has 0 radical (unpaired) electrons. The number of aliphatic carboxylic acids is 1. The van der Waals surface area contributed by atoms with E-state index in [-0.39, 0.29) is 0 Å². The molecule has 0 unspecified atom stereocenters. The fraction of sp³-hybridized carbons (Fsp3) is 0.381. The van der Waals surface area contributed by atoms with Crippen molar-refractivity contribution in [2.75, 3.05) is 11.4 Å². The molecule has 24 heavy (non-hydrogen) atoms. The standard InChI is InChI=1S/C21H27NO2/c1-15(2)22-12-6-9-18-10-11-19(14-20(18)22)17(4)8-5-7-16(3)13-21(23)24/h5,7-8,10-11,13-15H,6,9,12H2,1-4H3,(H,23,24)/p-1/b7-5+,16-13+,17-8+. The summed E-state index contributed by atoms with van der Waals surface area (Å²) >= 11 is 0. The molecule has 0 aromatic heterocycles. The maximum Gasteiger partial charge on any atom is 0.0645 e. The third-order valence-corrected chi connectivity index (χ3v) is 4.37. The average Bonchev–Trinajstić information content (AvgIpc) is 2.52. The van der Waals surface area contributed by atoms with Crippen LogP contribution in [0.15, 0.2) is 48.1 Å². The number of anilines is 1. The van der Waals surface area contributed by atoms with Gasteiger partial charge in [0.05, 0.1) is 5.97 Å². The maximum absolute atomic E-state index is 10.5. The number of rotatable bonds is 5. The van der Waals surface area contributed by atoms with E-state index in [9.17, 15) is 9.90 Å². The minimum absolute atomic E-state index is 0.501. The summed E-state index contributed by atoms with van der Waals surface area (Å²) in [5, 5.41) is 10.5. The van der Waals surface area contributed by atoms with Gasteiger partial charge in [-0.25, -0.2) is 0 Å². The molecule has 0 bridgehead atoms. The molecular formula is C21H26NO2-. The van der Waals surface area contributed by atoms with E-state index in [4.69, 9.17) is 0 Å². The molecule has 0 N–H and O–H groups in total. The number of carbonyl (C=O) groups excluding carboxylic acids is 1. The van der Waals surface area contributed by atoms with Crippen LogP contribution in [0.1, 0.15) is 45.2 Å². The molecule has 3 nitrogen and oxygen atoms in total. The van der Waals surface area contributed by atoms with E-state index in [0.717, 1.165) is 24.6 Å². The van der Waals surface area contributed by atoms with Crippen LogP contribution in [-0.2, 0) is 11.2 Å². The first-order valence-corrected chi connectivity index (χ1v) is 8.52. The normalized spacial score (nSPS) is 16.0. The van der Waals surface area contributed by atoms with Crippen molar-refractivity contribution in [2.24, 2.45) is 0 Å². The lowest BCUT2D eigenvalue weighted by Gasteiger charge is -2.35. The van der Waals surface area contributed by atoms with E-state index in [2.05, 4.69) is 43.9 Å². The Balaban J connectivity index is 2.23. The Hall–Kier alpha value is -2.29. The molecule has 1 aliphatic rings. The Morgan fingerprint density at radius 2 is 2.04 bits per heavy atom. The Bertz CT molecular complexity index is 696. The van der Waals surface area contributed by atoms with Crippen LogP contribution in [0.2, 0.25) is 0 Å². The lowest BCUT2D eigenvalue weighted by molar-refractivity contribution is -0.297. The number of fused-ring (bicyclic) bond motifs is 1. The zero-order valence-electron chi connectivity index (χ0n) is 15.0. The van der Waals surface area contributed by atoms with Crippen molar-refractivity contribution in [1.29, 1.82) is 0 Å². The molecule has 0 saturated carbocycles. The van der Waals surface area contributed by atoms with Crippen molar-refractivity contribution in [3.63, 3.8) is 0 Å². The van der Waals surface area contributed by atoms with Crippen LogP contribution in [0.5, 0.6) is 0 Å². The molecule has 1 aromatic carbocycles. The Labute approximate surface area is 145 Å². The van der Waals surface area contributed by atoms with Crippen LogP contribution in [-0.4, -0.2) is 18.6 Å². The van der Waals surface area contributed by atoms with Crippen LogP contribution in [0, 0.1) is 0 Å². The summed E-state index contributed by atoms with van der Waals surface area (Å²) in [4.78, 5) is 13.0. The summed E-state index contributed by atoms with van der Waals surface area (Å²) in [6.45, 7) is 9.41. The molecule has 128 valence electrons. The quantitative estimate of drug-likeness (QED) is 0.615. The van der Waals surface area contributed by atoms with E-state index in [0.29, 0.717) is 11.6 Å². The lowest BCUT2D eigenvalue weighted by Crippen LogP contribution is -2.35. The summed E-state index contributed by atoms with van der Waals surface area (Å²) in [6, 6.07) is 7.19. The van der Waals surface area contributed by atoms with E-state index >= 15 is 0 Å². The molecule has 0 spiro atoms. The molecule has 0 atom stereocenters. The summed E-state index contributed by atoms with van der Waals surface area (Å²) in [5.74, 6) is -1.17. The van der Waals surface area contributed by atoms with E-state index in [1.807, 2.05) is 12.2 Å². The average molecular weight is 324 g/mol. The van der Waals surface area contributed by atoms with Gasteiger partial charge in [0, 0.05) is 18.3 Å². The van der Waals surface area contributed by atoms with Gasteiger partial charge in [-0.3, -0.25) is 0 Å². The molecule has 1 aromatic rings. The summed E-state index contributed by atoms with van der Waals surface area (Å²) < 4.78 is 0. The summed E-state index contributed by atoms with van der Waals surface area (Å²) in [7, 11) is 0. The Morgan fingerprint density at radius 1 is 1.29 bits per heavy atom. The molecule has 0 saturated heterocycles. The SMILES string of the molecule is CC(/C=C/C=C(\C)c1ccc2c(c1)N(C(C)C)CCC2)=C\C(=O)[O-]. The number of carbonyl (C=O) groups is 1. The van der Waals surface area contributed by atoms with Crippen LogP contribution < -0.4 is 10.0 Å². The number of allylic oxidation sites excluding steroid dienone is 5. The van der Waals surface area contributed by atoms with Gasteiger partial charge in [0.1, 0.15) is 0 Å². The number of benzene rings is 1. The molecule has 1 heterocycles. The van der Waals surface area contributed by atoms with Gasteiger partial charge < -0.3 is 14.8 Å². The van der Waals surface area contributed by atoms with Gasteiger partial charge in [0.25, 0.3) is 0 Å². The van der Waals surface area contributed by atoms with Crippen molar-refractivity contribution < 1.29 is 9.90 Å². The van der Waals surface area contributed by atoms with Crippen molar-refractivity contribution in [1.82, 2.24) is 0 Å². The molecule has 0 amide bonds. The fourth-order valence-corrected chi connectivity index (χ4v) is 3.06. The zero-order chi connectivity index (χ0) is 17.7. The first-order valence-electron chi connectivity index (χ1n) is 8.52. The third-order valence-electron chi connectivity index (χ3n) is 4.37.